The van der Waals surface area contributed by atoms with E-state index >= 15 is 0 Å². The van der Waals surface area contributed by atoms with Crippen LogP contribution < -0.4 is 5.32 Å². The monoisotopic (exact) mass is 269 g/mol. The van der Waals surface area contributed by atoms with Gasteiger partial charge >= 0.3 is 0 Å². The fourth-order valence-electron chi connectivity index (χ4n) is 5.39. The van der Waals surface area contributed by atoms with E-state index in [0.29, 0.717) is 0 Å². The minimum atomic E-state index is 0.727. The maximum atomic E-state index is 9.01. The predicted octanol–water partition coefficient (Wildman–Crippen LogP) is 2.81. The second kappa shape index (κ2) is 4.63. The number of nitriles is 1. The molecule has 4 rings (SSSR count). The fraction of sp³-hybridized carbons (Fsp3) is 0.706. The number of aryl methyl sites for hydroxylation is 1. The van der Waals surface area contributed by atoms with Gasteiger partial charge in [0, 0.05) is 25.8 Å². The molecular formula is C17H23N3. The molecule has 1 aromatic rings. The summed E-state index contributed by atoms with van der Waals surface area (Å²) in [5.74, 6) is 4.04. The van der Waals surface area contributed by atoms with Crippen molar-refractivity contribution in [1.82, 2.24) is 9.88 Å². The van der Waals surface area contributed by atoms with E-state index in [0.717, 1.165) is 42.0 Å². The van der Waals surface area contributed by atoms with E-state index < -0.39 is 0 Å². The van der Waals surface area contributed by atoms with E-state index in [1.54, 1.807) is 0 Å². The summed E-state index contributed by atoms with van der Waals surface area (Å²) in [6, 6.07) is 4.98. The average Bonchev–Trinajstić information content (AvgIpc) is 3.17. The summed E-state index contributed by atoms with van der Waals surface area (Å²) in [5, 5.41) is 12.8. The molecule has 3 saturated carbocycles. The summed E-state index contributed by atoms with van der Waals surface area (Å²) in [5.41, 5.74) is 2.00. The molecule has 0 aliphatic heterocycles. The Morgan fingerprint density at radius 3 is 2.95 bits per heavy atom. The molecule has 3 nitrogen and oxygen atoms in total. The molecular weight excluding hydrogens is 246 g/mol. The van der Waals surface area contributed by atoms with Crippen molar-refractivity contribution in [2.75, 3.05) is 0 Å². The van der Waals surface area contributed by atoms with Crippen molar-refractivity contribution in [3.8, 4) is 6.07 Å². The molecule has 1 aromatic heterocycles. The topological polar surface area (TPSA) is 40.8 Å². The van der Waals surface area contributed by atoms with Gasteiger partial charge in [0.05, 0.1) is 0 Å². The minimum absolute atomic E-state index is 0.727. The number of aromatic nitrogens is 1. The highest BCUT2D eigenvalue weighted by atomic mass is 15.0. The number of nitrogens with one attached hydrogen (secondary N) is 1. The van der Waals surface area contributed by atoms with Crippen molar-refractivity contribution in [3.05, 3.63) is 23.5 Å². The Kier molecular flexibility index (Phi) is 2.89. The third-order valence-electron chi connectivity index (χ3n) is 6.17. The Balaban J connectivity index is 1.40. The second-order valence-electron chi connectivity index (χ2n) is 7.10. The summed E-state index contributed by atoms with van der Waals surface area (Å²) >= 11 is 0. The number of hydrogen-bond donors (Lipinski definition) is 1. The first-order valence-electron chi connectivity index (χ1n) is 8.05. The average molecular weight is 269 g/mol. The molecule has 1 N–H and O–H groups in total. The fourth-order valence-corrected chi connectivity index (χ4v) is 5.39. The highest BCUT2D eigenvalue weighted by Crippen LogP contribution is 2.58. The molecule has 0 aromatic carbocycles. The lowest BCUT2D eigenvalue weighted by Crippen LogP contribution is -2.38. The van der Waals surface area contributed by atoms with Gasteiger partial charge in [0.2, 0.25) is 0 Å². The van der Waals surface area contributed by atoms with Gasteiger partial charge in [-0.05, 0) is 61.0 Å². The van der Waals surface area contributed by atoms with Crippen LogP contribution in [-0.2, 0) is 13.6 Å². The molecule has 3 aliphatic rings. The van der Waals surface area contributed by atoms with E-state index in [1.165, 1.54) is 37.7 Å². The zero-order valence-electron chi connectivity index (χ0n) is 12.2. The van der Waals surface area contributed by atoms with Gasteiger partial charge in [0.15, 0.2) is 0 Å². The first kappa shape index (κ1) is 12.5. The molecule has 5 atom stereocenters. The van der Waals surface area contributed by atoms with Crippen LogP contribution in [0, 0.1) is 35.0 Å². The van der Waals surface area contributed by atoms with Crippen molar-refractivity contribution in [2.24, 2.45) is 30.7 Å². The number of rotatable bonds is 3. The lowest BCUT2D eigenvalue weighted by Gasteiger charge is -2.32. The molecule has 5 unspecified atom stereocenters. The van der Waals surface area contributed by atoms with Gasteiger partial charge in [-0.3, -0.25) is 0 Å². The first-order valence-corrected chi connectivity index (χ1v) is 8.05. The van der Waals surface area contributed by atoms with E-state index in [-0.39, 0.29) is 0 Å². The highest BCUT2D eigenvalue weighted by Gasteiger charge is 2.53. The van der Waals surface area contributed by atoms with Gasteiger partial charge in [0.25, 0.3) is 0 Å². The van der Waals surface area contributed by atoms with Gasteiger partial charge in [-0.25, -0.2) is 0 Å². The van der Waals surface area contributed by atoms with Gasteiger partial charge in [-0.1, -0.05) is 6.42 Å². The van der Waals surface area contributed by atoms with Crippen LogP contribution in [0.3, 0.4) is 0 Å². The summed E-state index contributed by atoms with van der Waals surface area (Å²) in [4.78, 5) is 0. The Hall–Kier alpha value is -1.27. The molecule has 106 valence electrons. The van der Waals surface area contributed by atoms with Crippen LogP contribution in [0.1, 0.15) is 43.4 Å². The third-order valence-corrected chi connectivity index (χ3v) is 6.17. The van der Waals surface area contributed by atoms with Gasteiger partial charge in [-0.15, -0.1) is 0 Å². The van der Waals surface area contributed by atoms with Crippen molar-refractivity contribution >= 4 is 0 Å². The number of hydrogen-bond acceptors (Lipinski definition) is 2. The predicted molar refractivity (Wildman–Crippen MR) is 77.8 cm³/mol. The van der Waals surface area contributed by atoms with Gasteiger partial charge in [-0.2, -0.15) is 5.26 Å². The SMILES string of the molecule is Cn1cc(CNC2CC3CC2C2CCCC32)cc1C#N. The largest absolute Gasteiger partial charge is 0.342 e. The maximum absolute atomic E-state index is 9.01. The molecule has 0 saturated heterocycles. The van der Waals surface area contributed by atoms with Crippen LogP contribution >= 0.6 is 0 Å². The smallest absolute Gasteiger partial charge is 0.120 e. The Labute approximate surface area is 121 Å². The lowest BCUT2D eigenvalue weighted by molar-refractivity contribution is 0.208. The van der Waals surface area contributed by atoms with Crippen molar-refractivity contribution in [1.29, 1.82) is 5.26 Å². The Bertz CT molecular complexity index is 553. The van der Waals surface area contributed by atoms with Crippen molar-refractivity contribution in [3.63, 3.8) is 0 Å². The van der Waals surface area contributed by atoms with Crippen LogP contribution in [0.4, 0.5) is 0 Å². The molecule has 1 heterocycles. The van der Waals surface area contributed by atoms with Gasteiger partial charge in [0.1, 0.15) is 11.8 Å². The van der Waals surface area contributed by atoms with Gasteiger partial charge < -0.3 is 9.88 Å². The van der Waals surface area contributed by atoms with Crippen LogP contribution in [0.2, 0.25) is 0 Å². The lowest BCUT2D eigenvalue weighted by atomic mass is 9.79. The van der Waals surface area contributed by atoms with E-state index in [4.69, 9.17) is 5.26 Å². The zero-order valence-corrected chi connectivity index (χ0v) is 12.2. The molecule has 20 heavy (non-hydrogen) atoms. The van der Waals surface area contributed by atoms with E-state index in [2.05, 4.69) is 17.6 Å². The molecule has 0 spiro atoms. The third kappa shape index (κ3) is 1.82. The Morgan fingerprint density at radius 2 is 2.15 bits per heavy atom. The van der Waals surface area contributed by atoms with Crippen LogP contribution in [0.5, 0.6) is 0 Å². The summed E-state index contributed by atoms with van der Waals surface area (Å²) in [6.07, 6.45) is 9.40. The highest BCUT2D eigenvalue weighted by molar-refractivity contribution is 5.28. The second-order valence-corrected chi connectivity index (χ2v) is 7.10. The summed E-state index contributed by atoms with van der Waals surface area (Å²) in [6.45, 7) is 0.917. The van der Waals surface area contributed by atoms with Crippen molar-refractivity contribution in [2.45, 2.75) is 44.7 Å². The van der Waals surface area contributed by atoms with E-state index in [9.17, 15) is 0 Å². The molecule has 0 amide bonds. The number of fused-ring (bicyclic) bond motifs is 5. The quantitative estimate of drug-likeness (QED) is 0.916. The normalized spacial score (nSPS) is 38.1. The zero-order chi connectivity index (χ0) is 13.7. The standard InChI is InChI=1S/C17H23N3/c1-20-10-11(5-13(20)8-18)9-19-17-7-12-6-16(17)15-4-2-3-14(12)15/h5,10,12,14-17,19H,2-4,6-7,9H2,1H3. The molecule has 0 radical (unpaired) electrons. The summed E-state index contributed by atoms with van der Waals surface area (Å²) in [7, 11) is 1.95. The minimum Gasteiger partial charge on any atom is -0.342 e. The first-order chi connectivity index (χ1) is 9.76. The Morgan fingerprint density at radius 1 is 1.30 bits per heavy atom. The van der Waals surface area contributed by atoms with Crippen LogP contribution in [0.25, 0.3) is 0 Å². The molecule has 3 fully saturated rings. The maximum Gasteiger partial charge on any atom is 0.120 e. The van der Waals surface area contributed by atoms with Crippen molar-refractivity contribution < 1.29 is 0 Å². The molecule has 3 heteroatoms. The van der Waals surface area contributed by atoms with Crippen LogP contribution in [-0.4, -0.2) is 10.6 Å². The number of nitrogens with zero attached hydrogens (tertiary/aromatic N) is 2. The summed E-state index contributed by atoms with van der Waals surface area (Å²) < 4.78 is 1.92. The molecule has 2 bridgehead atoms. The molecule has 3 aliphatic carbocycles. The van der Waals surface area contributed by atoms with Crippen LogP contribution in [0.15, 0.2) is 12.3 Å². The van der Waals surface area contributed by atoms with E-state index in [1.807, 2.05) is 17.7 Å².